The van der Waals surface area contributed by atoms with Gasteiger partial charge >= 0.3 is 0 Å². The van der Waals surface area contributed by atoms with Crippen LogP contribution >= 0.6 is 11.6 Å². The van der Waals surface area contributed by atoms with E-state index in [1.54, 1.807) is 0 Å². The number of nitrogens with zero attached hydrogens (tertiary/aromatic N) is 2. The molecule has 0 amide bonds. The Labute approximate surface area is 116 Å². The molecular formula is C14H27ClN2O. The topological polar surface area (TPSA) is 15.7 Å². The van der Waals surface area contributed by atoms with Crippen LogP contribution in [0.5, 0.6) is 0 Å². The predicted octanol–water partition coefficient (Wildman–Crippen LogP) is 2.19. The summed E-state index contributed by atoms with van der Waals surface area (Å²) in [6.45, 7) is 11.4. The summed E-state index contributed by atoms with van der Waals surface area (Å²) >= 11 is 5.95. The van der Waals surface area contributed by atoms with Crippen molar-refractivity contribution in [1.29, 1.82) is 0 Å². The van der Waals surface area contributed by atoms with Gasteiger partial charge in [0.25, 0.3) is 0 Å². The van der Waals surface area contributed by atoms with E-state index in [0.717, 1.165) is 13.1 Å². The van der Waals surface area contributed by atoms with E-state index in [-0.39, 0.29) is 11.7 Å². The van der Waals surface area contributed by atoms with E-state index in [4.69, 9.17) is 16.3 Å². The molecule has 4 heteroatoms. The predicted molar refractivity (Wildman–Crippen MR) is 76.4 cm³/mol. The largest absolute Gasteiger partial charge is 0.368 e. The maximum atomic E-state index is 5.95. The Balaban J connectivity index is 1.70. The molecule has 2 fully saturated rings. The van der Waals surface area contributed by atoms with Gasteiger partial charge in [0.05, 0.1) is 11.7 Å². The minimum absolute atomic E-state index is 0.0501. The summed E-state index contributed by atoms with van der Waals surface area (Å²) in [6.07, 6.45) is 4.24. The summed E-state index contributed by atoms with van der Waals surface area (Å²) in [5, 5.41) is 0. The fourth-order valence-corrected chi connectivity index (χ4v) is 3.35. The molecule has 106 valence electrons. The van der Waals surface area contributed by atoms with Crippen LogP contribution in [0.4, 0.5) is 0 Å². The van der Waals surface area contributed by atoms with E-state index in [1.165, 1.54) is 45.4 Å². The molecule has 2 aliphatic rings. The third kappa shape index (κ3) is 4.37. The standard InChI is InChI=1S/C14H27ClN2O/c1-14(2)12-17(11-13(10-15)18-14)9-5-8-16-6-3-4-7-16/h13H,3-12H2,1-2H3. The highest BCUT2D eigenvalue weighted by atomic mass is 35.5. The number of alkyl halides is 1. The van der Waals surface area contributed by atoms with Crippen LogP contribution in [0.1, 0.15) is 33.1 Å². The Morgan fingerprint density at radius 3 is 2.50 bits per heavy atom. The monoisotopic (exact) mass is 274 g/mol. The quantitative estimate of drug-likeness (QED) is 0.715. The smallest absolute Gasteiger partial charge is 0.0844 e. The number of halogens is 1. The lowest BCUT2D eigenvalue weighted by molar-refractivity contribution is -0.127. The van der Waals surface area contributed by atoms with Crippen molar-refractivity contribution in [3.63, 3.8) is 0 Å². The lowest BCUT2D eigenvalue weighted by Crippen LogP contribution is -2.53. The van der Waals surface area contributed by atoms with E-state index in [9.17, 15) is 0 Å². The van der Waals surface area contributed by atoms with Gasteiger partial charge in [-0.05, 0) is 59.3 Å². The molecular weight excluding hydrogens is 248 g/mol. The Kier molecular flexibility index (Phi) is 5.31. The molecule has 2 aliphatic heterocycles. The zero-order valence-electron chi connectivity index (χ0n) is 11.8. The van der Waals surface area contributed by atoms with Gasteiger partial charge in [-0.3, -0.25) is 4.90 Å². The van der Waals surface area contributed by atoms with Crippen molar-refractivity contribution < 1.29 is 4.74 Å². The van der Waals surface area contributed by atoms with E-state index in [1.807, 2.05) is 0 Å². The Morgan fingerprint density at radius 1 is 1.17 bits per heavy atom. The molecule has 0 aromatic carbocycles. The highest BCUT2D eigenvalue weighted by molar-refractivity contribution is 6.18. The molecule has 2 saturated heterocycles. The molecule has 2 rings (SSSR count). The second-order valence-corrected chi connectivity index (χ2v) is 6.60. The van der Waals surface area contributed by atoms with E-state index in [2.05, 4.69) is 23.6 Å². The van der Waals surface area contributed by atoms with Gasteiger partial charge in [-0.1, -0.05) is 0 Å². The van der Waals surface area contributed by atoms with Crippen LogP contribution in [0.15, 0.2) is 0 Å². The summed E-state index contributed by atoms with van der Waals surface area (Å²) in [5.41, 5.74) is -0.0501. The first-order chi connectivity index (χ1) is 8.59. The van der Waals surface area contributed by atoms with Gasteiger partial charge in [0, 0.05) is 19.0 Å². The summed E-state index contributed by atoms with van der Waals surface area (Å²) in [7, 11) is 0. The molecule has 0 aromatic rings. The first kappa shape index (κ1) is 14.6. The molecule has 0 N–H and O–H groups in total. The third-order valence-corrected chi connectivity index (χ3v) is 4.22. The molecule has 2 heterocycles. The van der Waals surface area contributed by atoms with Crippen LogP contribution in [-0.4, -0.2) is 66.7 Å². The first-order valence-electron chi connectivity index (χ1n) is 7.27. The molecule has 3 nitrogen and oxygen atoms in total. The van der Waals surface area contributed by atoms with E-state index in [0.29, 0.717) is 5.88 Å². The van der Waals surface area contributed by atoms with E-state index < -0.39 is 0 Å². The van der Waals surface area contributed by atoms with Crippen LogP contribution in [0.2, 0.25) is 0 Å². The molecule has 0 radical (unpaired) electrons. The number of morpholine rings is 1. The fourth-order valence-electron chi connectivity index (χ4n) is 3.19. The number of hydrogen-bond donors (Lipinski definition) is 0. The van der Waals surface area contributed by atoms with Crippen molar-refractivity contribution in [3.8, 4) is 0 Å². The van der Waals surface area contributed by atoms with Crippen LogP contribution in [0.25, 0.3) is 0 Å². The molecule has 0 spiro atoms. The molecule has 1 unspecified atom stereocenters. The molecule has 0 bridgehead atoms. The highest BCUT2D eigenvalue weighted by Crippen LogP contribution is 2.21. The first-order valence-corrected chi connectivity index (χ1v) is 7.81. The zero-order valence-corrected chi connectivity index (χ0v) is 12.6. The van der Waals surface area contributed by atoms with Gasteiger partial charge in [0.1, 0.15) is 0 Å². The van der Waals surface area contributed by atoms with Crippen LogP contribution in [0.3, 0.4) is 0 Å². The van der Waals surface area contributed by atoms with Crippen LogP contribution in [0, 0.1) is 0 Å². The van der Waals surface area contributed by atoms with Crippen molar-refractivity contribution in [3.05, 3.63) is 0 Å². The SMILES string of the molecule is CC1(C)CN(CCCN2CCCC2)CC(CCl)O1. The van der Waals surface area contributed by atoms with Crippen molar-refractivity contribution in [2.24, 2.45) is 0 Å². The zero-order chi connectivity index (χ0) is 13.0. The molecule has 0 aromatic heterocycles. The second kappa shape index (κ2) is 6.56. The Hall–Kier alpha value is 0.170. The minimum Gasteiger partial charge on any atom is -0.368 e. The van der Waals surface area contributed by atoms with Gasteiger partial charge in [-0.25, -0.2) is 0 Å². The van der Waals surface area contributed by atoms with Gasteiger partial charge < -0.3 is 9.64 Å². The molecule has 0 aliphatic carbocycles. The molecule has 1 atom stereocenters. The minimum atomic E-state index is -0.0501. The van der Waals surface area contributed by atoms with Gasteiger partial charge in [0.15, 0.2) is 0 Å². The molecule has 0 saturated carbocycles. The lowest BCUT2D eigenvalue weighted by Gasteiger charge is -2.42. The van der Waals surface area contributed by atoms with Crippen LogP contribution < -0.4 is 0 Å². The second-order valence-electron chi connectivity index (χ2n) is 6.29. The highest BCUT2D eigenvalue weighted by Gasteiger charge is 2.32. The van der Waals surface area contributed by atoms with Crippen LogP contribution in [-0.2, 0) is 4.74 Å². The lowest BCUT2D eigenvalue weighted by atomic mass is 10.1. The normalized spacial score (nSPS) is 29.8. The van der Waals surface area contributed by atoms with Gasteiger partial charge in [-0.2, -0.15) is 0 Å². The van der Waals surface area contributed by atoms with Crippen molar-refractivity contribution in [2.45, 2.75) is 44.8 Å². The number of likely N-dealkylation sites (tertiary alicyclic amines) is 1. The number of hydrogen-bond acceptors (Lipinski definition) is 3. The van der Waals surface area contributed by atoms with Gasteiger partial charge in [-0.15, -0.1) is 11.6 Å². The van der Waals surface area contributed by atoms with Crippen molar-refractivity contribution in [1.82, 2.24) is 9.80 Å². The van der Waals surface area contributed by atoms with Crippen molar-refractivity contribution in [2.75, 3.05) is 45.1 Å². The fraction of sp³-hybridized carbons (Fsp3) is 1.00. The summed E-state index contributed by atoms with van der Waals surface area (Å²) in [5.74, 6) is 0.603. The van der Waals surface area contributed by atoms with E-state index >= 15 is 0 Å². The average molecular weight is 275 g/mol. The number of rotatable bonds is 5. The third-order valence-electron chi connectivity index (χ3n) is 3.87. The summed E-state index contributed by atoms with van der Waals surface area (Å²) in [6, 6.07) is 0. The van der Waals surface area contributed by atoms with Gasteiger partial charge in [0.2, 0.25) is 0 Å². The summed E-state index contributed by atoms with van der Waals surface area (Å²) < 4.78 is 5.95. The Bertz CT molecular complexity index is 254. The summed E-state index contributed by atoms with van der Waals surface area (Å²) in [4.78, 5) is 5.11. The maximum Gasteiger partial charge on any atom is 0.0844 e. The van der Waals surface area contributed by atoms with Crippen molar-refractivity contribution >= 4 is 11.6 Å². The number of ether oxygens (including phenoxy) is 1. The maximum absolute atomic E-state index is 5.95. The Morgan fingerprint density at radius 2 is 1.83 bits per heavy atom. The molecule has 18 heavy (non-hydrogen) atoms. The average Bonchev–Trinajstić information content (AvgIpc) is 2.80.